The van der Waals surface area contributed by atoms with Gasteiger partial charge >= 0.3 is 0 Å². The number of ether oxygens (including phenoxy) is 1. The molecule has 6 heteroatoms. The lowest BCUT2D eigenvalue weighted by molar-refractivity contribution is -0.121. The van der Waals surface area contributed by atoms with Crippen molar-refractivity contribution in [3.05, 3.63) is 53.0 Å². The Labute approximate surface area is 159 Å². The molecule has 3 rings (SSSR count). The van der Waals surface area contributed by atoms with Crippen LogP contribution >= 0.6 is 0 Å². The van der Waals surface area contributed by atoms with E-state index in [0.717, 1.165) is 29.9 Å². The van der Waals surface area contributed by atoms with Gasteiger partial charge in [-0.25, -0.2) is 0 Å². The first-order chi connectivity index (χ1) is 12.8. The lowest BCUT2D eigenvalue weighted by Gasteiger charge is -2.34. The summed E-state index contributed by atoms with van der Waals surface area (Å²) in [7, 11) is 1.57. The smallest absolute Gasteiger partial charge is 0.251 e. The van der Waals surface area contributed by atoms with Crippen molar-refractivity contribution in [2.24, 2.45) is 5.41 Å². The Morgan fingerprint density at radius 3 is 2.63 bits per heavy atom. The van der Waals surface area contributed by atoms with E-state index in [1.807, 2.05) is 13.0 Å². The summed E-state index contributed by atoms with van der Waals surface area (Å²) in [6.07, 6.45) is 1.69. The quantitative estimate of drug-likeness (QED) is 0.847. The molecule has 2 N–H and O–H groups in total. The van der Waals surface area contributed by atoms with E-state index < -0.39 is 0 Å². The minimum absolute atomic E-state index is 0.0432. The van der Waals surface area contributed by atoms with Crippen LogP contribution in [0.15, 0.2) is 34.7 Å². The second-order valence-electron chi connectivity index (χ2n) is 7.81. The molecule has 2 aromatic rings. The van der Waals surface area contributed by atoms with Crippen LogP contribution in [-0.2, 0) is 11.2 Å². The number of amides is 2. The molecule has 27 heavy (non-hydrogen) atoms. The molecule has 0 radical (unpaired) electrons. The fourth-order valence-corrected chi connectivity index (χ4v) is 3.56. The van der Waals surface area contributed by atoms with Crippen molar-refractivity contribution in [2.45, 2.75) is 39.7 Å². The van der Waals surface area contributed by atoms with Gasteiger partial charge in [0.05, 0.1) is 19.7 Å². The first kappa shape index (κ1) is 19.0. The predicted octanol–water partition coefficient (Wildman–Crippen LogP) is 3.16. The molecule has 1 unspecified atom stereocenters. The predicted molar refractivity (Wildman–Crippen MR) is 102 cm³/mol. The molecule has 6 nitrogen and oxygen atoms in total. The van der Waals surface area contributed by atoms with E-state index in [0.29, 0.717) is 11.3 Å². The van der Waals surface area contributed by atoms with E-state index >= 15 is 0 Å². The molecule has 1 heterocycles. The van der Waals surface area contributed by atoms with E-state index in [-0.39, 0.29) is 29.8 Å². The third-order valence-corrected chi connectivity index (χ3v) is 4.83. The normalized spacial score (nSPS) is 17.7. The molecule has 1 aromatic carbocycles. The van der Waals surface area contributed by atoms with Crippen LogP contribution in [0.2, 0.25) is 0 Å². The first-order valence-corrected chi connectivity index (χ1v) is 9.08. The van der Waals surface area contributed by atoms with E-state index in [4.69, 9.17) is 9.15 Å². The van der Waals surface area contributed by atoms with Crippen LogP contribution in [0.4, 0.5) is 0 Å². The highest BCUT2D eigenvalue weighted by Crippen LogP contribution is 2.41. The van der Waals surface area contributed by atoms with Gasteiger partial charge in [-0.15, -0.1) is 0 Å². The van der Waals surface area contributed by atoms with Crippen molar-refractivity contribution in [2.75, 3.05) is 13.7 Å². The fourth-order valence-electron chi connectivity index (χ4n) is 3.56. The van der Waals surface area contributed by atoms with Gasteiger partial charge in [0.25, 0.3) is 5.91 Å². The highest BCUT2D eigenvalue weighted by Gasteiger charge is 2.35. The van der Waals surface area contributed by atoms with Crippen molar-refractivity contribution in [1.82, 2.24) is 10.6 Å². The van der Waals surface area contributed by atoms with Gasteiger partial charge in [-0.05, 0) is 49.1 Å². The highest BCUT2D eigenvalue weighted by molar-refractivity contribution is 5.96. The number of hydrogen-bond donors (Lipinski definition) is 2. The molecule has 0 bridgehead atoms. The number of hydrogen-bond acceptors (Lipinski definition) is 4. The Morgan fingerprint density at radius 1 is 1.26 bits per heavy atom. The fraction of sp³-hybridized carbons (Fsp3) is 0.429. The van der Waals surface area contributed by atoms with Crippen LogP contribution in [0.1, 0.15) is 53.8 Å². The largest absolute Gasteiger partial charge is 0.497 e. The maximum Gasteiger partial charge on any atom is 0.251 e. The summed E-state index contributed by atoms with van der Waals surface area (Å²) in [5.41, 5.74) is 1.57. The maximum atomic E-state index is 12.4. The van der Waals surface area contributed by atoms with E-state index in [1.54, 1.807) is 31.4 Å². The molecule has 1 aliphatic rings. The molecular formula is C21H26N2O4. The summed E-state index contributed by atoms with van der Waals surface area (Å²) in [4.78, 5) is 24.6. The zero-order chi connectivity index (χ0) is 19.6. The van der Waals surface area contributed by atoms with Crippen LogP contribution in [-0.4, -0.2) is 25.5 Å². The third kappa shape index (κ3) is 4.51. The topological polar surface area (TPSA) is 80.6 Å². The lowest BCUT2D eigenvalue weighted by atomic mass is 9.74. The van der Waals surface area contributed by atoms with Gasteiger partial charge in [-0.3, -0.25) is 9.59 Å². The maximum absolute atomic E-state index is 12.4. The summed E-state index contributed by atoms with van der Waals surface area (Å²) in [5.74, 6) is 1.96. The summed E-state index contributed by atoms with van der Waals surface area (Å²) in [5, 5.41) is 5.70. The van der Waals surface area contributed by atoms with Crippen LogP contribution < -0.4 is 15.4 Å². The zero-order valence-corrected chi connectivity index (χ0v) is 16.2. The molecule has 1 aliphatic carbocycles. The van der Waals surface area contributed by atoms with Gasteiger partial charge < -0.3 is 19.8 Å². The molecule has 0 spiro atoms. The van der Waals surface area contributed by atoms with Crippen molar-refractivity contribution in [1.29, 1.82) is 0 Å². The summed E-state index contributed by atoms with van der Waals surface area (Å²) < 4.78 is 10.9. The van der Waals surface area contributed by atoms with Gasteiger partial charge in [-0.2, -0.15) is 0 Å². The molecule has 1 aromatic heterocycles. The van der Waals surface area contributed by atoms with Crippen molar-refractivity contribution in [3.63, 3.8) is 0 Å². The van der Waals surface area contributed by atoms with E-state index in [9.17, 15) is 9.59 Å². The second kappa shape index (κ2) is 7.47. The van der Waals surface area contributed by atoms with Gasteiger partial charge in [-0.1, -0.05) is 13.8 Å². The van der Waals surface area contributed by atoms with E-state index in [2.05, 4.69) is 24.5 Å². The Hall–Kier alpha value is -2.76. The number of aryl methyl sites for hydroxylation is 1. The van der Waals surface area contributed by atoms with Gasteiger partial charge in [0.2, 0.25) is 5.91 Å². The molecule has 144 valence electrons. The Bertz CT molecular complexity index is 836. The number of carbonyl (C=O) groups excluding carboxylic acids is 2. The number of furan rings is 1. The Kier molecular flexibility index (Phi) is 5.26. The number of benzene rings is 1. The molecule has 1 atom stereocenters. The van der Waals surface area contributed by atoms with Gasteiger partial charge in [0, 0.05) is 17.5 Å². The molecule has 0 saturated carbocycles. The number of carbonyl (C=O) groups is 2. The SMILES string of the molecule is COc1ccc(C(=O)NCC(=O)NC2CC(C)(C)Cc3oc(C)cc32)cc1. The van der Waals surface area contributed by atoms with Gasteiger partial charge in [0.15, 0.2) is 0 Å². The van der Waals surface area contributed by atoms with Crippen molar-refractivity contribution in [3.8, 4) is 5.75 Å². The Balaban J connectivity index is 1.59. The monoisotopic (exact) mass is 370 g/mol. The Morgan fingerprint density at radius 2 is 1.96 bits per heavy atom. The summed E-state index contributed by atoms with van der Waals surface area (Å²) in [6, 6.07) is 8.63. The lowest BCUT2D eigenvalue weighted by Crippen LogP contribution is -2.41. The standard InChI is InChI=1S/C21H26N2O4/c1-13-9-16-17(10-21(2,3)11-18(16)27-13)23-19(24)12-22-20(25)14-5-7-15(26-4)8-6-14/h5-9,17H,10-12H2,1-4H3,(H,22,25)(H,23,24). The van der Waals surface area contributed by atoms with Crippen molar-refractivity contribution < 1.29 is 18.7 Å². The molecule has 0 fully saturated rings. The van der Waals surface area contributed by atoms with Crippen LogP contribution in [0.5, 0.6) is 5.75 Å². The first-order valence-electron chi connectivity index (χ1n) is 9.08. The molecule has 2 amide bonds. The molecule has 0 saturated heterocycles. The summed E-state index contributed by atoms with van der Waals surface area (Å²) >= 11 is 0. The van der Waals surface area contributed by atoms with Crippen LogP contribution in [0.25, 0.3) is 0 Å². The van der Waals surface area contributed by atoms with Crippen LogP contribution in [0.3, 0.4) is 0 Å². The number of nitrogens with one attached hydrogen (secondary N) is 2. The van der Waals surface area contributed by atoms with Gasteiger partial charge in [0.1, 0.15) is 17.3 Å². The highest BCUT2D eigenvalue weighted by atomic mass is 16.5. The third-order valence-electron chi connectivity index (χ3n) is 4.83. The van der Waals surface area contributed by atoms with E-state index in [1.165, 1.54) is 0 Å². The minimum atomic E-state index is -0.295. The minimum Gasteiger partial charge on any atom is -0.497 e. The molecule has 0 aliphatic heterocycles. The summed E-state index contributed by atoms with van der Waals surface area (Å²) in [6.45, 7) is 6.17. The number of methoxy groups -OCH3 is 1. The number of fused-ring (bicyclic) bond motifs is 1. The average molecular weight is 370 g/mol. The number of rotatable bonds is 5. The van der Waals surface area contributed by atoms with Crippen LogP contribution in [0, 0.1) is 12.3 Å². The zero-order valence-electron chi connectivity index (χ0n) is 16.2. The molecular weight excluding hydrogens is 344 g/mol. The average Bonchev–Trinajstić information content (AvgIpc) is 2.98. The van der Waals surface area contributed by atoms with Crippen molar-refractivity contribution >= 4 is 11.8 Å². The second-order valence-corrected chi connectivity index (χ2v) is 7.81.